The summed E-state index contributed by atoms with van der Waals surface area (Å²) in [6, 6.07) is 10.1. The van der Waals surface area contributed by atoms with Crippen LogP contribution in [0.15, 0.2) is 42.6 Å². The van der Waals surface area contributed by atoms with Crippen molar-refractivity contribution >= 4 is 5.97 Å². The van der Waals surface area contributed by atoms with Gasteiger partial charge in [0.05, 0.1) is 12.2 Å². The van der Waals surface area contributed by atoms with Crippen LogP contribution in [-0.4, -0.2) is 22.8 Å². The predicted molar refractivity (Wildman–Crippen MR) is 64.5 cm³/mol. The highest BCUT2D eigenvalue weighted by Gasteiger charge is 2.06. The van der Waals surface area contributed by atoms with E-state index >= 15 is 0 Å². The van der Waals surface area contributed by atoms with Crippen molar-refractivity contribution in [3.05, 3.63) is 48.2 Å². The highest BCUT2D eigenvalue weighted by Crippen LogP contribution is 2.19. The van der Waals surface area contributed by atoms with Gasteiger partial charge >= 0.3 is 5.97 Å². The van der Waals surface area contributed by atoms with Gasteiger partial charge in [-0.25, -0.2) is 4.79 Å². The van der Waals surface area contributed by atoms with E-state index in [1.165, 1.54) is 0 Å². The lowest BCUT2D eigenvalue weighted by molar-refractivity contribution is 0.0526. The lowest BCUT2D eigenvalue weighted by Gasteiger charge is -2.05. The molecule has 0 fully saturated rings. The van der Waals surface area contributed by atoms with E-state index in [1.54, 1.807) is 49.5 Å². The van der Waals surface area contributed by atoms with Gasteiger partial charge in [0, 0.05) is 12.3 Å². The van der Waals surface area contributed by atoms with Crippen molar-refractivity contribution in [2.24, 2.45) is 0 Å². The third-order valence-corrected chi connectivity index (χ3v) is 2.14. The summed E-state index contributed by atoms with van der Waals surface area (Å²) in [5, 5.41) is 7.50. The number of rotatable bonds is 4. The first kappa shape index (κ1) is 12.0. The van der Waals surface area contributed by atoms with Crippen molar-refractivity contribution in [1.82, 2.24) is 10.2 Å². The number of aromatic nitrogens is 2. The minimum atomic E-state index is -0.344. The summed E-state index contributed by atoms with van der Waals surface area (Å²) in [6.07, 6.45) is 1.57. The second-order valence-electron chi connectivity index (χ2n) is 3.41. The average molecular weight is 244 g/mol. The molecule has 1 heterocycles. The number of benzene rings is 1. The molecule has 1 aromatic heterocycles. The van der Waals surface area contributed by atoms with Crippen LogP contribution in [0.2, 0.25) is 0 Å². The molecule has 0 N–H and O–H groups in total. The van der Waals surface area contributed by atoms with Crippen molar-refractivity contribution in [2.75, 3.05) is 6.61 Å². The van der Waals surface area contributed by atoms with E-state index in [2.05, 4.69) is 10.2 Å². The molecule has 2 rings (SSSR count). The number of hydrogen-bond acceptors (Lipinski definition) is 5. The fourth-order valence-corrected chi connectivity index (χ4v) is 1.34. The predicted octanol–water partition coefficient (Wildman–Crippen LogP) is 2.45. The summed E-state index contributed by atoms with van der Waals surface area (Å²) < 4.78 is 10.3. The van der Waals surface area contributed by atoms with Crippen LogP contribution in [0.25, 0.3) is 0 Å². The molecule has 0 atom stereocenters. The van der Waals surface area contributed by atoms with Gasteiger partial charge in [-0.1, -0.05) is 0 Å². The fraction of sp³-hybridized carbons (Fsp3) is 0.154. The van der Waals surface area contributed by atoms with Crippen LogP contribution in [0.4, 0.5) is 0 Å². The van der Waals surface area contributed by atoms with Crippen LogP contribution in [0.1, 0.15) is 17.3 Å². The van der Waals surface area contributed by atoms with Gasteiger partial charge in [0.1, 0.15) is 5.75 Å². The molecule has 0 aliphatic carbocycles. The van der Waals surface area contributed by atoms with Gasteiger partial charge in [-0.2, -0.15) is 5.10 Å². The normalized spacial score (nSPS) is 9.83. The third-order valence-electron chi connectivity index (χ3n) is 2.14. The lowest BCUT2D eigenvalue weighted by atomic mass is 10.2. The molecule has 0 amide bonds. The monoisotopic (exact) mass is 244 g/mol. The van der Waals surface area contributed by atoms with E-state index in [-0.39, 0.29) is 5.97 Å². The van der Waals surface area contributed by atoms with Crippen molar-refractivity contribution in [3.63, 3.8) is 0 Å². The van der Waals surface area contributed by atoms with Gasteiger partial charge in [0.15, 0.2) is 0 Å². The van der Waals surface area contributed by atoms with Gasteiger partial charge in [-0.05, 0) is 37.3 Å². The Labute approximate surface area is 104 Å². The smallest absolute Gasteiger partial charge is 0.338 e. The van der Waals surface area contributed by atoms with Gasteiger partial charge in [0.2, 0.25) is 5.88 Å². The standard InChI is InChI=1S/C13H12N2O3/c1-2-17-13(16)10-5-7-11(8-6-10)18-12-4-3-9-14-15-12/h3-9H,2H2,1H3. The lowest BCUT2D eigenvalue weighted by Crippen LogP contribution is -2.04. The van der Waals surface area contributed by atoms with Crippen LogP contribution >= 0.6 is 0 Å². The second kappa shape index (κ2) is 5.77. The first-order valence-electron chi connectivity index (χ1n) is 5.52. The first-order chi connectivity index (χ1) is 8.79. The van der Waals surface area contributed by atoms with Crippen LogP contribution in [0, 0.1) is 0 Å². The minimum Gasteiger partial charge on any atom is -0.462 e. The number of nitrogens with zero attached hydrogens (tertiary/aromatic N) is 2. The molecule has 5 heteroatoms. The van der Waals surface area contributed by atoms with E-state index in [9.17, 15) is 4.79 Å². The fourth-order valence-electron chi connectivity index (χ4n) is 1.34. The number of hydrogen-bond donors (Lipinski definition) is 0. The number of ether oxygens (including phenoxy) is 2. The Bertz CT molecular complexity index is 512. The number of esters is 1. The van der Waals surface area contributed by atoms with Crippen molar-refractivity contribution in [2.45, 2.75) is 6.92 Å². The van der Waals surface area contributed by atoms with Crippen LogP contribution in [-0.2, 0) is 4.74 Å². The van der Waals surface area contributed by atoms with Crippen molar-refractivity contribution < 1.29 is 14.3 Å². The Morgan fingerprint density at radius 1 is 1.22 bits per heavy atom. The molecular weight excluding hydrogens is 232 g/mol. The molecule has 0 bridgehead atoms. The maximum atomic E-state index is 11.4. The zero-order valence-electron chi connectivity index (χ0n) is 9.87. The van der Waals surface area contributed by atoms with Crippen molar-refractivity contribution in [3.8, 4) is 11.6 Å². The van der Waals surface area contributed by atoms with E-state index in [0.717, 1.165) is 0 Å². The SMILES string of the molecule is CCOC(=O)c1ccc(Oc2cccnn2)cc1. The molecule has 0 aliphatic rings. The summed E-state index contributed by atoms with van der Waals surface area (Å²) in [5.74, 6) is 0.647. The number of carbonyl (C=O) groups excluding carboxylic acids is 1. The third kappa shape index (κ3) is 3.04. The van der Waals surface area contributed by atoms with E-state index in [4.69, 9.17) is 9.47 Å². The molecule has 18 heavy (non-hydrogen) atoms. The Balaban J connectivity index is 2.06. The molecular formula is C13H12N2O3. The second-order valence-corrected chi connectivity index (χ2v) is 3.41. The highest BCUT2D eigenvalue weighted by atomic mass is 16.5. The molecule has 0 aliphatic heterocycles. The molecule has 2 aromatic rings. The van der Waals surface area contributed by atoms with Crippen molar-refractivity contribution in [1.29, 1.82) is 0 Å². The highest BCUT2D eigenvalue weighted by molar-refractivity contribution is 5.89. The van der Waals surface area contributed by atoms with E-state index in [0.29, 0.717) is 23.8 Å². The van der Waals surface area contributed by atoms with Gasteiger partial charge in [-0.15, -0.1) is 5.10 Å². The molecule has 0 radical (unpaired) electrons. The maximum Gasteiger partial charge on any atom is 0.338 e. The van der Waals surface area contributed by atoms with Crippen LogP contribution in [0.3, 0.4) is 0 Å². The number of carbonyl (C=O) groups is 1. The van der Waals surface area contributed by atoms with Gasteiger partial charge in [0.25, 0.3) is 0 Å². The summed E-state index contributed by atoms with van der Waals surface area (Å²) in [6.45, 7) is 2.13. The molecule has 0 unspecified atom stereocenters. The summed E-state index contributed by atoms with van der Waals surface area (Å²) >= 11 is 0. The summed E-state index contributed by atoms with van der Waals surface area (Å²) in [5.41, 5.74) is 0.489. The van der Waals surface area contributed by atoms with E-state index < -0.39 is 0 Å². The molecule has 92 valence electrons. The van der Waals surface area contributed by atoms with Gasteiger partial charge in [-0.3, -0.25) is 0 Å². The van der Waals surface area contributed by atoms with Crippen LogP contribution < -0.4 is 4.74 Å². The largest absolute Gasteiger partial charge is 0.462 e. The van der Waals surface area contributed by atoms with Gasteiger partial charge < -0.3 is 9.47 Å². The maximum absolute atomic E-state index is 11.4. The van der Waals surface area contributed by atoms with E-state index in [1.807, 2.05) is 0 Å². The molecule has 0 saturated carbocycles. The zero-order chi connectivity index (χ0) is 12.8. The quantitative estimate of drug-likeness (QED) is 0.773. The van der Waals surface area contributed by atoms with Crippen LogP contribution in [0.5, 0.6) is 11.6 Å². The Morgan fingerprint density at radius 3 is 2.61 bits per heavy atom. The molecule has 1 aromatic carbocycles. The summed E-state index contributed by atoms with van der Waals surface area (Å²) in [7, 11) is 0. The Hall–Kier alpha value is -2.43. The average Bonchev–Trinajstić information content (AvgIpc) is 2.41. The topological polar surface area (TPSA) is 61.3 Å². The zero-order valence-corrected chi connectivity index (χ0v) is 9.87. The minimum absolute atomic E-state index is 0.344. The molecule has 0 spiro atoms. The summed E-state index contributed by atoms with van der Waals surface area (Å²) in [4.78, 5) is 11.4. The first-order valence-corrected chi connectivity index (χ1v) is 5.52. The Morgan fingerprint density at radius 2 is 2.00 bits per heavy atom. The molecule has 5 nitrogen and oxygen atoms in total. The Kier molecular flexibility index (Phi) is 3.86. The molecule has 0 saturated heterocycles.